The van der Waals surface area contributed by atoms with Crippen LogP contribution in [0.4, 0.5) is 19.0 Å². The summed E-state index contributed by atoms with van der Waals surface area (Å²) in [5.41, 5.74) is 1.79. The van der Waals surface area contributed by atoms with E-state index in [-0.39, 0.29) is 17.1 Å². The summed E-state index contributed by atoms with van der Waals surface area (Å²) in [5, 5.41) is 25.3. The van der Waals surface area contributed by atoms with Crippen LogP contribution in [-0.4, -0.2) is 44.7 Å². The van der Waals surface area contributed by atoms with Gasteiger partial charge < -0.3 is 10.6 Å². The molecule has 148 valence electrons. The first-order chi connectivity index (χ1) is 13.4. The van der Waals surface area contributed by atoms with Crippen molar-refractivity contribution in [3.8, 4) is 11.3 Å². The van der Waals surface area contributed by atoms with Crippen molar-refractivity contribution in [2.45, 2.75) is 38.9 Å². The smallest absolute Gasteiger partial charge is 0.364 e. The van der Waals surface area contributed by atoms with E-state index >= 15 is 0 Å². The zero-order valence-electron chi connectivity index (χ0n) is 15.5. The zero-order chi connectivity index (χ0) is 19.9. The maximum atomic E-state index is 13.2. The van der Waals surface area contributed by atoms with Gasteiger partial charge in [-0.05, 0) is 56.5 Å². The van der Waals surface area contributed by atoms with E-state index in [1.54, 1.807) is 0 Å². The molecule has 1 fully saturated rings. The van der Waals surface area contributed by atoms with Gasteiger partial charge in [0.15, 0.2) is 5.82 Å². The normalized spacial score (nSPS) is 17.8. The van der Waals surface area contributed by atoms with Crippen LogP contribution in [-0.2, 0) is 6.18 Å². The number of halogens is 3. The number of alkyl halides is 3. The molecule has 1 aromatic carbocycles. The van der Waals surface area contributed by atoms with E-state index in [9.17, 15) is 13.2 Å². The van der Waals surface area contributed by atoms with Crippen LogP contribution in [0.15, 0.2) is 12.1 Å². The fourth-order valence-electron chi connectivity index (χ4n) is 3.52. The largest absolute Gasteiger partial charge is 0.418 e. The highest BCUT2D eigenvalue weighted by Crippen LogP contribution is 2.37. The lowest BCUT2D eigenvalue weighted by Gasteiger charge is -2.25. The van der Waals surface area contributed by atoms with Crippen LogP contribution < -0.4 is 10.6 Å². The first-order valence-electron chi connectivity index (χ1n) is 9.08. The van der Waals surface area contributed by atoms with Gasteiger partial charge in [0, 0.05) is 18.2 Å². The van der Waals surface area contributed by atoms with E-state index in [0.717, 1.165) is 43.1 Å². The molecule has 1 aliphatic rings. The molecule has 0 bridgehead atoms. The minimum Gasteiger partial charge on any atom is -0.364 e. The average Bonchev–Trinajstić information content (AvgIpc) is 3.15. The molecule has 3 aromatic rings. The Labute approximate surface area is 159 Å². The van der Waals surface area contributed by atoms with Gasteiger partial charge in [-0.3, -0.25) is 0 Å². The zero-order valence-corrected chi connectivity index (χ0v) is 15.5. The van der Waals surface area contributed by atoms with Crippen molar-refractivity contribution >= 4 is 16.9 Å². The molecule has 3 heterocycles. The summed E-state index contributed by atoms with van der Waals surface area (Å²) < 4.78 is 39.7. The van der Waals surface area contributed by atoms with Gasteiger partial charge in [-0.1, -0.05) is 0 Å². The molecular formula is C18H20F3N7. The standard InChI is InChI=1S/C18H20F3N7/c1-9-10(2)17(23-11-4-3-7-22-8-11)27-24-14(9)12-5-6-13(18(19,20)21)16-15(12)25-28-26-16/h5-6,11,22H,3-4,7-8H2,1-2H3,(H,23,27)(H,25,26,28). The molecule has 1 saturated heterocycles. The average molecular weight is 391 g/mol. The monoisotopic (exact) mass is 391 g/mol. The number of fused-ring (bicyclic) bond motifs is 1. The molecular weight excluding hydrogens is 371 g/mol. The van der Waals surface area contributed by atoms with E-state index in [1.165, 1.54) is 6.07 Å². The Morgan fingerprint density at radius 3 is 2.57 bits per heavy atom. The molecule has 0 aliphatic carbocycles. The number of benzene rings is 1. The summed E-state index contributed by atoms with van der Waals surface area (Å²) in [5.74, 6) is 0.693. The molecule has 28 heavy (non-hydrogen) atoms. The maximum Gasteiger partial charge on any atom is 0.418 e. The highest BCUT2D eigenvalue weighted by molar-refractivity contribution is 5.93. The fraction of sp³-hybridized carbons (Fsp3) is 0.444. The first-order valence-corrected chi connectivity index (χ1v) is 9.08. The van der Waals surface area contributed by atoms with E-state index in [4.69, 9.17) is 0 Å². The van der Waals surface area contributed by atoms with E-state index in [2.05, 4.69) is 36.2 Å². The molecule has 0 radical (unpaired) electrons. The number of anilines is 1. The van der Waals surface area contributed by atoms with Crippen LogP contribution >= 0.6 is 0 Å². The van der Waals surface area contributed by atoms with Crippen LogP contribution in [0.5, 0.6) is 0 Å². The molecule has 2 aromatic heterocycles. The lowest BCUT2D eigenvalue weighted by molar-refractivity contribution is -0.136. The molecule has 7 nitrogen and oxygen atoms in total. The topological polar surface area (TPSA) is 91.4 Å². The van der Waals surface area contributed by atoms with Gasteiger partial charge in [-0.15, -0.1) is 10.2 Å². The third-order valence-electron chi connectivity index (χ3n) is 5.20. The molecule has 0 amide bonds. The Balaban J connectivity index is 1.74. The second-order valence-corrected chi connectivity index (χ2v) is 7.01. The van der Waals surface area contributed by atoms with Crippen molar-refractivity contribution in [1.82, 2.24) is 30.9 Å². The molecule has 3 N–H and O–H groups in total. The fourth-order valence-corrected chi connectivity index (χ4v) is 3.52. The summed E-state index contributed by atoms with van der Waals surface area (Å²) in [6.45, 7) is 5.69. The first kappa shape index (κ1) is 18.6. The third-order valence-corrected chi connectivity index (χ3v) is 5.20. The minimum atomic E-state index is -4.51. The molecule has 1 unspecified atom stereocenters. The SMILES string of the molecule is Cc1c(NC2CCCNC2)nnc(-c2ccc(C(F)(F)F)c3n[nH]nc23)c1C. The lowest BCUT2D eigenvalue weighted by Crippen LogP contribution is -2.38. The van der Waals surface area contributed by atoms with Gasteiger partial charge in [0.05, 0.1) is 11.3 Å². The quantitative estimate of drug-likeness (QED) is 0.635. The van der Waals surface area contributed by atoms with Crippen molar-refractivity contribution in [3.63, 3.8) is 0 Å². The number of hydrogen-bond donors (Lipinski definition) is 3. The Morgan fingerprint density at radius 1 is 1.07 bits per heavy atom. The predicted molar refractivity (Wildman–Crippen MR) is 98.9 cm³/mol. The minimum absolute atomic E-state index is 0.129. The molecule has 0 saturated carbocycles. The van der Waals surface area contributed by atoms with Crippen molar-refractivity contribution in [1.29, 1.82) is 0 Å². The predicted octanol–water partition coefficient (Wildman–Crippen LogP) is 3.21. The summed E-state index contributed by atoms with van der Waals surface area (Å²) in [6, 6.07) is 2.67. The number of nitrogens with one attached hydrogen (secondary N) is 3. The maximum absolute atomic E-state index is 13.2. The summed E-state index contributed by atoms with van der Waals surface area (Å²) in [6.07, 6.45) is -2.36. The Morgan fingerprint density at radius 2 is 1.86 bits per heavy atom. The van der Waals surface area contributed by atoms with Crippen LogP contribution in [0, 0.1) is 13.8 Å². The van der Waals surface area contributed by atoms with Crippen LogP contribution in [0.3, 0.4) is 0 Å². The Kier molecular flexibility index (Phi) is 4.66. The number of hydrogen-bond acceptors (Lipinski definition) is 6. The highest BCUT2D eigenvalue weighted by Gasteiger charge is 2.35. The van der Waals surface area contributed by atoms with E-state index in [0.29, 0.717) is 17.1 Å². The number of nitrogens with zero attached hydrogens (tertiary/aromatic N) is 4. The van der Waals surface area contributed by atoms with Gasteiger partial charge >= 0.3 is 6.18 Å². The molecule has 1 aliphatic heterocycles. The van der Waals surface area contributed by atoms with Crippen LogP contribution in [0.2, 0.25) is 0 Å². The van der Waals surface area contributed by atoms with E-state index in [1.807, 2.05) is 13.8 Å². The number of aromatic nitrogens is 5. The molecule has 1 atom stereocenters. The van der Waals surface area contributed by atoms with Gasteiger partial charge in [-0.25, -0.2) is 0 Å². The van der Waals surface area contributed by atoms with Gasteiger partial charge in [-0.2, -0.15) is 28.6 Å². The van der Waals surface area contributed by atoms with Gasteiger partial charge in [0.1, 0.15) is 11.0 Å². The van der Waals surface area contributed by atoms with Crippen LogP contribution in [0.25, 0.3) is 22.3 Å². The lowest BCUT2D eigenvalue weighted by atomic mass is 10.00. The highest BCUT2D eigenvalue weighted by atomic mass is 19.4. The number of piperidine rings is 1. The van der Waals surface area contributed by atoms with E-state index < -0.39 is 11.7 Å². The summed E-state index contributed by atoms with van der Waals surface area (Å²) >= 11 is 0. The Hall–Kier alpha value is -2.75. The van der Waals surface area contributed by atoms with Crippen molar-refractivity contribution in [2.24, 2.45) is 0 Å². The number of H-pyrrole nitrogens is 1. The number of rotatable bonds is 3. The second-order valence-electron chi connectivity index (χ2n) is 7.01. The molecule has 4 rings (SSSR count). The van der Waals surface area contributed by atoms with Gasteiger partial charge in [0.25, 0.3) is 0 Å². The van der Waals surface area contributed by atoms with Crippen molar-refractivity contribution in [2.75, 3.05) is 18.4 Å². The Bertz CT molecular complexity index is 1010. The van der Waals surface area contributed by atoms with Crippen molar-refractivity contribution in [3.05, 3.63) is 28.8 Å². The molecule has 0 spiro atoms. The van der Waals surface area contributed by atoms with Crippen LogP contribution in [0.1, 0.15) is 29.5 Å². The summed E-state index contributed by atoms with van der Waals surface area (Å²) in [7, 11) is 0. The third kappa shape index (κ3) is 3.28. The van der Waals surface area contributed by atoms with Gasteiger partial charge in [0.2, 0.25) is 0 Å². The van der Waals surface area contributed by atoms with Crippen molar-refractivity contribution < 1.29 is 13.2 Å². The molecule has 10 heteroatoms. The number of aromatic amines is 1. The summed E-state index contributed by atoms with van der Waals surface area (Å²) in [4.78, 5) is 0. The second kappa shape index (κ2) is 7.01.